The summed E-state index contributed by atoms with van der Waals surface area (Å²) in [5, 5.41) is 4.39. The van der Waals surface area contributed by atoms with Crippen LogP contribution in [0.5, 0.6) is 0 Å². The Morgan fingerprint density at radius 2 is 2.19 bits per heavy atom. The first kappa shape index (κ1) is 17.3. The maximum atomic E-state index is 12.8. The van der Waals surface area contributed by atoms with Gasteiger partial charge in [0.05, 0.1) is 10.7 Å². The molecule has 3 heterocycles. The summed E-state index contributed by atoms with van der Waals surface area (Å²) < 4.78 is 0. The number of rotatable bonds is 3. The van der Waals surface area contributed by atoms with Gasteiger partial charge in [-0.05, 0) is 36.4 Å². The van der Waals surface area contributed by atoms with Crippen LogP contribution in [0.25, 0.3) is 16.6 Å². The van der Waals surface area contributed by atoms with Crippen LogP contribution in [0.1, 0.15) is 16.1 Å². The van der Waals surface area contributed by atoms with Crippen LogP contribution in [-0.4, -0.2) is 33.1 Å². The molecule has 1 amide bonds. The normalized spacial score (nSPS) is 15.6. The monoisotopic (exact) mass is 399 g/mol. The molecule has 3 aromatic rings. The lowest BCUT2D eigenvalue weighted by atomic mass is 10.2. The second-order valence-electron chi connectivity index (χ2n) is 5.62. The molecule has 0 saturated carbocycles. The Morgan fingerprint density at radius 3 is 3.00 bits per heavy atom. The van der Waals surface area contributed by atoms with Gasteiger partial charge in [-0.2, -0.15) is 0 Å². The number of aromatic nitrogens is 2. The first-order valence-electron chi connectivity index (χ1n) is 7.98. The molecule has 2 aromatic heterocycles. The van der Waals surface area contributed by atoms with Crippen molar-refractivity contribution in [2.24, 2.45) is 0 Å². The third kappa shape index (κ3) is 3.67. The van der Waals surface area contributed by atoms with Gasteiger partial charge in [0.1, 0.15) is 5.01 Å². The Morgan fingerprint density at radius 1 is 1.27 bits per heavy atom. The number of hydrogen-bond acceptors (Lipinski definition) is 5. The summed E-state index contributed by atoms with van der Waals surface area (Å²) in [6.07, 6.45) is 5.51. The van der Waals surface area contributed by atoms with Gasteiger partial charge in [-0.3, -0.25) is 9.78 Å². The van der Waals surface area contributed by atoms with Crippen LogP contribution in [0.3, 0.4) is 0 Å². The number of pyridine rings is 1. The van der Waals surface area contributed by atoms with Crippen LogP contribution >= 0.6 is 34.7 Å². The minimum atomic E-state index is -0.0357. The lowest BCUT2D eigenvalue weighted by molar-refractivity contribution is 0.0831. The molecule has 0 aliphatic carbocycles. The third-order valence-electron chi connectivity index (χ3n) is 3.85. The molecular weight excluding hydrogens is 386 g/mol. The van der Waals surface area contributed by atoms with E-state index in [1.807, 2.05) is 23.6 Å². The molecule has 130 valence electrons. The molecule has 7 heteroatoms. The molecule has 26 heavy (non-hydrogen) atoms. The van der Waals surface area contributed by atoms with Crippen molar-refractivity contribution in [2.75, 3.05) is 12.3 Å². The van der Waals surface area contributed by atoms with E-state index in [0.717, 1.165) is 27.0 Å². The van der Waals surface area contributed by atoms with E-state index in [9.17, 15) is 4.79 Å². The second kappa shape index (κ2) is 7.61. The number of thiazole rings is 1. The molecule has 1 aliphatic heterocycles. The fourth-order valence-electron chi connectivity index (χ4n) is 2.63. The van der Waals surface area contributed by atoms with E-state index < -0.39 is 0 Å². The molecule has 4 nitrogen and oxygen atoms in total. The average Bonchev–Trinajstić information content (AvgIpc) is 3.32. The summed E-state index contributed by atoms with van der Waals surface area (Å²) in [4.78, 5) is 23.4. The van der Waals surface area contributed by atoms with Crippen molar-refractivity contribution in [3.63, 3.8) is 0 Å². The summed E-state index contributed by atoms with van der Waals surface area (Å²) in [7, 11) is 0. The van der Waals surface area contributed by atoms with Gasteiger partial charge in [0.25, 0.3) is 5.91 Å². The van der Waals surface area contributed by atoms with Crippen LogP contribution in [0, 0.1) is 0 Å². The quantitative estimate of drug-likeness (QED) is 0.618. The summed E-state index contributed by atoms with van der Waals surface area (Å²) in [6.45, 7) is 0.682. The zero-order valence-corrected chi connectivity index (χ0v) is 16.0. The molecule has 0 radical (unpaired) electrons. The highest BCUT2D eigenvalue weighted by Gasteiger charge is 2.25. The van der Waals surface area contributed by atoms with Crippen molar-refractivity contribution < 1.29 is 4.79 Å². The van der Waals surface area contributed by atoms with Crippen LogP contribution < -0.4 is 0 Å². The van der Waals surface area contributed by atoms with Crippen LogP contribution in [0.15, 0.2) is 59.2 Å². The van der Waals surface area contributed by atoms with Crippen molar-refractivity contribution in [3.05, 3.63) is 75.5 Å². The van der Waals surface area contributed by atoms with Crippen LogP contribution in [-0.2, 0) is 0 Å². The molecule has 0 bridgehead atoms. The van der Waals surface area contributed by atoms with E-state index in [0.29, 0.717) is 17.1 Å². The lowest BCUT2D eigenvalue weighted by Crippen LogP contribution is -2.26. The van der Waals surface area contributed by atoms with Gasteiger partial charge in [0, 0.05) is 46.2 Å². The predicted octanol–water partition coefficient (Wildman–Crippen LogP) is 5.05. The molecule has 0 unspecified atom stereocenters. The topological polar surface area (TPSA) is 46.1 Å². The Hall–Kier alpha value is -2.15. The van der Waals surface area contributed by atoms with Gasteiger partial charge in [-0.15, -0.1) is 23.1 Å². The van der Waals surface area contributed by atoms with E-state index in [4.69, 9.17) is 11.6 Å². The molecule has 0 atom stereocenters. The Labute approximate surface area is 164 Å². The smallest absolute Gasteiger partial charge is 0.258 e. The van der Waals surface area contributed by atoms with Crippen molar-refractivity contribution in [1.82, 2.24) is 14.9 Å². The molecule has 1 aliphatic rings. The van der Waals surface area contributed by atoms with Crippen molar-refractivity contribution in [3.8, 4) is 10.6 Å². The first-order chi connectivity index (χ1) is 12.7. The first-order valence-corrected chi connectivity index (χ1v) is 10.2. The largest absolute Gasteiger partial charge is 0.302 e. The Balaban J connectivity index is 1.59. The van der Waals surface area contributed by atoms with E-state index in [2.05, 4.69) is 9.97 Å². The van der Waals surface area contributed by atoms with Crippen molar-refractivity contribution in [1.29, 1.82) is 0 Å². The number of carbonyl (C=O) groups excluding carboxylic acids is 1. The SMILES string of the molecule is O=C(c1cccc(Cl)c1)N1CCS/C1=C/c1csc(-c2cccnc2)n1. The minimum Gasteiger partial charge on any atom is -0.302 e. The molecule has 1 fully saturated rings. The summed E-state index contributed by atoms with van der Waals surface area (Å²) >= 11 is 9.25. The minimum absolute atomic E-state index is 0.0357. The molecule has 4 rings (SSSR count). The zero-order chi connectivity index (χ0) is 17.9. The summed E-state index contributed by atoms with van der Waals surface area (Å²) in [6, 6.07) is 10.9. The van der Waals surface area contributed by atoms with Gasteiger partial charge in [-0.1, -0.05) is 17.7 Å². The van der Waals surface area contributed by atoms with E-state index in [1.165, 1.54) is 0 Å². The molecular formula is C19H14ClN3OS2. The fraction of sp³-hybridized carbons (Fsp3) is 0.105. The Bertz CT molecular complexity index is 972. The highest BCUT2D eigenvalue weighted by atomic mass is 35.5. The zero-order valence-electron chi connectivity index (χ0n) is 13.6. The standard InChI is InChI=1S/C19H14ClN3OS2/c20-15-5-1-3-13(9-15)19(24)23-7-8-25-17(23)10-16-12-26-18(22-16)14-4-2-6-21-11-14/h1-6,9-12H,7-8H2/b17-10+. The number of nitrogens with zero attached hydrogens (tertiary/aromatic N) is 3. The van der Waals surface area contributed by atoms with Gasteiger partial charge in [0.15, 0.2) is 0 Å². The van der Waals surface area contributed by atoms with Crippen molar-refractivity contribution >= 4 is 46.7 Å². The highest BCUT2D eigenvalue weighted by Crippen LogP contribution is 2.32. The third-order valence-corrected chi connectivity index (χ3v) is 6.01. The highest BCUT2D eigenvalue weighted by molar-refractivity contribution is 8.03. The number of halogens is 1. The molecule has 0 spiro atoms. The number of amides is 1. The van der Waals surface area contributed by atoms with Gasteiger partial charge >= 0.3 is 0 Å². The van der Waals surface area contributed by atoms with Gasteiger partial charge < -0.3 is 4.90 Å². The van der Waals surface area contributed by atoms with Crippen molar-refractivity contribution in [2.45, 2.75) is 0 Å². The average molecular weight is 400 g/mol. The lowest BCUT2D eigenvalue weighted by Gasteiger charge is -2.17. The number of carbonyl (C=O) groups is 1. The maximum absolute atomic E-state index is 12.8. The Kier molecular flexibility index (Phi) is 5.06. The fourth-order valence-corrected chi connectivity index (χ4v) is 4.60. The number of thioether (sulfide) groups is 1. The van der Waals surface area contributed by atoms with Gasteiger partial charge in [-0.25, -0.2) is 4.98 Å². The van der Waals surface area contributed by atoms with E-state index in [1.54, 1.807) is 64.7 Å². The van der Waals surface area contributed by atoms with Crippen LogP contribution in [0.4, 0.5) is 0 Å². The van der Waals surface area contributed by atoms with Crippen LogP contribution in [0.2, 0.25) is 5.02 Å². The summed E-state index contributed by atoms with van der Waals surface area (Å²) in [5.74, 6) is 0.837. The maximum Gasteiger partial charge on any atom is 0.258 e. The second-order valence-corrected chi connectivity index (χ2v) is 8.03. The van der Waals surface area contributed by atoms with E-state index >= 15 is 0 Å². The molecule has 0 N–H and O–H groups in total. The molecule has 1 aromatic carbocycles. The summed E-state index contributed by atoms with van der Waals surface area (Å²) in [5.41, 5.74) is 2.44. The van der Waals surface area contributed by atoms with Gasteiger partial charge in [0.2, 0.25) is 0 Å². The number of benzene rings is 1. The molecule has 1 saturated heterocycles. The predicted molar refractivity (Wildman–Crippen MR) is 108 cm³/mol. The van der Waals surface area contributed by atoms with E-state index in [-0.39, 0.29) is 5.91 Å². The number of hydrogen-bond donors (Lipinski definition) is 0.